The van der Waals surface area contributed by atoms with E-state index in [0.717, 1.165) is 38.0 Å². The maximum atomic E-state index is 13.4. The maximum Gasteiger partial charge on any atom is 0.123 e. The Morgan fingerprint density at radius 3 is 2.96 bits per heavy atom. The lowest BCUT2D eigenvalue weighted by atomic mass is 9.87. The van der Waals surface area contributed by atoms with Gasteiger partial charge in [0.1, 0.15) is 5.82 Å². The number of rotatable bonds is 5. The van der Waals surface area contributed by atoms with E-state index in [9.17, 15) is 4.39 Å². The summed E-state index contributed by atoms with van der Waals surface area (Å²) in [6.45, 7) is 2.83. The van der Waals surface area contributed by atoms with Crippen LogP contribution in [0.4, 0.5) is 4.39 Å². The Bertz CT molecular complexity index is 643. The zero-order chi connectivity index (χ0) is 16.2. The molecule has 0 bridgehead atoms. The Morgan fingerprint density at radius 1 is 1.39 bits per heavy atom. The number of methoxy groups -OCH3 is 1. The van der Waals surface area contributed by atoms with E-state index in [1.54, 1.807) is 19.2 Å². The first-order valence-corrected chi connectivity index (χ1v) is 8.10. The van der Waals surface area contributed by atoms with Crippen LogP contribution in [0.2, 0.25) is 0 Å². The predicted octanol–water partition coefficient (Wildman–Crippen LogP) is 2.64. The van der Waals surface area contributed by atoms with Crippen molar-refractivity contribution in [3.8, 4) is 0 Å². The molecule has 0 radical (unpaired) electrons. The molecule has 1 aromatic carbocycles. The Balaban J connectivity index is 1.61. The third-order valence-corrected chi connectivity index (χ3v) is 4.77. The minimum Gasteiger partial charge on any atom is -0.380 e. The van der Waals surface area contributed by atoms with Crippen LogP contribution in [0.1, 0.15) is 17.7 Å². The van der Waals surface area contributed by atoms with Gasteiger partial charge in [0, 0.05) is 33.4 Å². The zero-order valence-corrected chi connectivity index (χ0v) is 13.8. The number of nitrogens with zero attached hydrogens (tertiary/aromatic N) is 3. The molecule has 3 rings (SSSR count). The van der Waals surface area contributed by atoms with Crippen LogP contribution >= 0.6 is 0 Å². The Kier molecular flexibility index (Phi) is 5.08. The largest absolute Gasteiger partial charge is 0.380 e. The van der Waals surface area contributed by atoms with Crippen molar-refractivity contribution in [1.29, 1.82) is 0 Å². The molecular formula is C18H24FN3O. The normalized spacial score (nSPS) is 22.4. The van der Waals surface area contributed by atoms with E-state index in [1.807, 2.05) is 25.6 Å². The van der Waals surface area contributed by atoms with Gasteiger partial charge < -0.3 is 9.30 Å². The van der Waals surface area contributed by atoms with Crippen molar-refractivity contribution >= 4 is 0 Å². The molecule has 1 aromatic heterocycles. The lowest BCUT2D eigenvalue weighted by molar-refractivity contribution is -0.0141. The summed E-state index contributed by atoms with van der Waals surface area (Å²) in [4.78, 5) is 6.58. The maximum absolute atomic E-state index is 13.4. The SMILES string of the molecule is CO[C@H]1CN(Cc2cncn2C)CC[C@@H]1Cc1cccc(F)c1. The molecule has 23 heavy (non-hydrogen) atoms. The number of likely N-dealkylation sites (tertiary alicyclic amines) is 1. The first-order valence-electron chi connectivity index (χ1n) is 8.10. The summed E-state index contributed by atoms with van der Waals surface area (Å²) in [6.07, 6.45) is 5.86. The molecule has 0 N–H and O–H groups in total. The highest BCUT2D eigenvalue weighted by Gasteiger charge is 2.29. The monoisotopic (exact) mass is 317 g/mol. The van der Waals surface area contributed by atoms with Crippen molar-refractivity contribution in [2.75, 3.05) is 20.2 Å². The average Bonchev–Trinajstić information content (AvgIpc) is 2.94. The molecule has 0 unspecified atom stereocenters. The number of aromatic nitrogens is 2. The molecule has 2 aromatic rings. The summed E-state index contributed by atoms with van der Waals surface area (Å²) in [6, 6.07) is 6.91. The predicted molar refractivity (Wildman–Crippen MR) is 87.5 cm³/mol. The van der Waals surface area contributed by atoms with E-state index in [0.29, 0.717) is 5.92 Å². The highest BCUT2D eigenvalue weighted by Crippen LogP contribution is 2.25. The fourth-order valence-electron chi connectivity index (χ4n) is 3.41. The number of benzene rings is 1. The molecule has 1 fully saturated rings. The van der Waals surface area contributed by atoms with Crippen LogP contribution in [-0.2, 0) is 24.8 Å². The zero-order valence-electron chi connectivity index (χ0n) is 13.8. The minimum absolute atomic E-state index is 0.162. The second-order valence-corrected chi connectivity index (χ2v) is 6.39. The second-order valence-electron chi connectivity index (χ2n) is 6.39. The molecule has 1 aliphatic rings. The summed E-state index contributed by atoms with van der Waals surface area (Å²) < 4.78 is 21.1. The number of hydrogen-bond acceptors (Lipinski definition) is 3. The van der Waals surface area contributed by atoms with Crippen molar-refractivity contribution < 1.29 is 9.13 Å². The molecule has 0 amide bonds. The van der Waals surface area contributed by atoms with Gasteiger partial charge in [-0.15, -0.1) is 0 Å². The molecule has 4 nitrogen and oxygen atoms in total. The molecule has 1 aliphatic heterocycles. The third-order valence-electron chi connectivity index (χ3n) is 4.77. The van der Waals surface area contributed by atoms with Crippen LogP contribution < -0.4 is 0 Å². The Labute approximate surface area is 136 Å². The first kappa shape index (κ1) is 16.1. The molecule has 2 atom stereocenters. The van der Waals surface area contributed by atoms with Crippen LogP contribution in [0, 0.1) is 11.7 Å². The van der Waals surface area contributed by atoms with Crippen molar-refractivity contribution in [2.45, 2.75) is 25.5 Å². The van der Waals surface area contributed by atoms with E-state index in [-0.39, 0.29) is 11.9 Å². The van der Waals surface area contributed by atoms with E-state index >= 15 is 0 Å². The van der Waals surface area contributed by atoms with Gasteiger partial charge in [-0.1, -0.05) is 12.1 Å². The fourth-order valence-corrected chi connectivity index (χ4v) is 3.41. The second kappa shape index (κ2) is 7.23. The Morgan fingerprint density at radius 2 is 2.26 bits per heavy atom. The van der Waals surface area contributed by atoms with E-state index < -0.39 is 0 Å². The fraction of sp³-hybridized carbons (Fsp3) is 0.500. The summed E-state index contributed by atoms with van der Waals surface area (Å²) >= 11 is 0. The quantitative estimate of drug-likeness (QED) is 0.849. The van der Waals surface area contributed by atoms with Gasteiger partial charge in [0.25, 0.3) is 0 Å². The molecule has 124 valence electrons. The van der Waals surface area contributed by atoms with Gasteiger partial charge in [-0.2, -0.15) is 0 Å². The van der Waals surface area contributed by atoms with Gasteiger partial charge in [-0.25, -0.2) is 9.37 Å². The first-order chi connectivity index (χ1) is 11.2. The number of aryl methyl sites for hydroxylation is 1. The Hall–Kier alpha value is -1.72. The summed E-state index contributed by atoms with van der Waals surface area (Å²) in [7, 11) is 3.80. The summed E-state index contributed by atoms with van der Waals surface area (Å²) in [5.74, 6) is 0.273. The molecule has 0 spiro atoms. The lowest BCUT2D eigenvalue weighted by Gasteiger charge is -2.38. The van der Waals surface area contributed by atoms with Crippen LogP contribution in [0.5, 0.6) is 0 Å². The number of ether oxygens (including phenoxy) is 1. The highest BCUT2D eigenvalue weighted by atomic mass is 19.1. The molecular weight excluding hydrogens is 293 g/mol. The van der Waals surface area contributed by atoms with Crippen molar-refractivity contribution in [3.63, 3.8) is 0 Å². The highest BCUT2D eigenvalue weighted by molar-refractivity contribution is 5.17. The summed E-state index contributed by atoms with van der Waals surface area (Å²) in [5.41, 5.74) is 2.26. The number of hydrogen-bond donors (Lipinski definition) is 0. The van der Waals surface area contributed by atoms with Crippen LogP contribution in [0.25, 0.3) is 0 Å². The molecule has 0 saturated carbocycles. The van der Waals surface area contributed by atoms with E-state index in [1.165, 1.54) is 11.8 Å². The van der Waals surface area contributed by atoms with Gasteiger partial charge in [-0.05, 0) is 43.0 Å². The number of piperidine rings is 1. The van der Waals surface area contributed by atoms with E-state index in [4.69, 9.17) is 4.74 Å². The number of halogens is 1. The third kappa shape index (κ3) is 3.98. The topological polar surface area (TPSA) is 30.3 Å². The van der Waals surface area contributed by atoms with E-state index in [2.05, 4.69) is 14.5 Å². The average molecular weight is 317 g/mol. The van der Waals surface area contributed by atoms with Gasteiger partial charge in [-0.3, -0.25) is 4.90 Å². The van der Waals surface area contributed by atoms with Gasteiger partial charge in [0.15, 0.2) is 0 Å². The standard InChI is InChI=1S/C18H24FN3O/c1-21-13-20-10-17(21)11-22-7-6-15(18(12-22)23-2)8-14-4-3-5-16(19)9-14/h3-5,9-10,13,15,18H,6-8,11-12H2,1-2H3/t15-,18+/m1/s1. The van der Waals surface area contributed by atoms with Crippen LogP contribution in [-0.4, -0.2) is 40.8 Å². The minimum atomic E-state index is -0.162. The number of imidazole rings is 1. The van der Waals surface area contributed by atoms with Gasteiger partial charge >= 0.3 is 0 Å². The molecule has 5 heteroatoms. The van der Waals surface area contributed by atoms with Gasteiger partial charge in [0.05, 0.1) is 18.1 Å². The molecule has 0 aliphatic carbocycles. The summed E-state index contributed by atoms with van der Waals surface area (Å²) in [5, 5.41) is 0. The smallest absolute Gasteiger partial charge is 0.123 e. The van der Waals surface area contributed by atoms with Crippen molar-refractivity contribution in [3.05, 3.63) is 53.9 Å². The van der Waals surface area contributed by atoms with Gasteiger partial charge in [0.2, 0.25) is 0 Å². The van der Waals surface area contributed by atoms with Crippen molar-refractivity contribution in [2.24, 2.45) is 13.0 Å². The molecule has 1 saturated heterocycles. The lowest BCUT2D eigenvalue weighted by Crippen LogP contribution is -2.45. The van der Waals surface area contributed by atoms with Crippen LogP contribution in [0.3, 0.4) is 0 Å². The molecule has 2 heterocycles. The van der Waals surface area contributed by atoms with Crippen molar-refractivity contribution in [1.82, 2.24) is 14.5 Å². The van der Waals surface area contributed by atoms with Crippen LogP contribution in [0.15, 0.2) is 36.8 Å².